The van der Waals surface area contributed by atoms with Crippen molar-refractivity contribution in [1.29, 1.82) is 0 Å². The van der Waals surface area contributed by atoms with Crippen molar-refractivity contribution in [3.8, 4) is 0 Å². The van der Waals surface area contributed by atoms with Gasteiger partial charge in [0.2, 0.25) is 5.76 Å². The first-order valence-corrected chi connectivity index (χ1v) is 5.76. The molecule has 0 aromatic rings. The largest absolute Gasteiger partial charge is 0.483 e. The summed E-state index contributed by atoms with van der Waals surface area (Å²) in [5, 5.41) is 0. The lowest BCUT2D eigenvalue weighted by atomic mass is 10.3. The molecule has 0 unspecified atom stereocenters. The van der Waals surface area contributed by atoms with Gasteiger partial charge in [0.15, 0.2) is 0 Å². The van der Waals surface area contributed by atoms with E-state index in [0.717, 1.165) is 12.8 Å². The Morgan fingerprint density at radius 3 is 2.50 bits per heavy atom. The number of allylic oxidation sites excluding steroid dienone is 2. The van der Waals surface area contributed by atoms with Crippen LogP contribution in [0.2, 0.25) is 0 Å². The molecule has 3 nitrogen and oxygen atoms in total. The Morgan fingerprint density at radius 1 is 1.31 bits per heavy atom. The summed E-state index contributed by atoms with van der Waals surface area (Å²) in [6.07, 6.45) is 7.60. The third-order valence-electron chi connectivity index (χ3n) is 1.76. The molecule has 0 saturated carbocycles. The van der Waals surface area contributed by atoms with Crippen LogP contribution >= 0.6 is 0 Å². The SMILES string of the molecule is C/C=C(/OC/C=C/CCC)C(=O)OC(C)C. The Hall–Kier alpha value is -1.25. The predicted octanol–water partition coefficient (Wildman–Crippen LogP) is 3.21. The minimum atomic E-state index is -0.401. The minimum absolute atomic E-state index is 0.123. The van der Waals surface area contributed by atoms with E-state index >= 15 is 0 Å². The van der Waals surface area contributed by atoms with Crippen LogP contribution in [0.3, 0.4) is 0 Å². The van der Waals surface area contributed by atoms with Gasteiger partial charge in [-0.25, -0.2) is 4.79 Å². The van der Waals surface area contributed by atoms with Crippen molar-refractivity contribution in [3.05, 3.63) is 24.0 Å². The summed E-state index contributed by atoms with van der Waals surface area (Å²) in [7, 11) is 0. The van der Waals surface area contributed by atoms with Gasteiger partial charge in [0.1, 0.15) is 6.61 Å². The molecular weight excluding hydrogens is 204 g/mol. The molecule has 0 bridgehead atoms. The van der Waals surface area contributed by atoms with E-state index in [4.69, 9.17) is 9.47 Å². The average Bonchev–Trinajstić information content (AvgIpc) is 2.22. The molecule has 0 aliphatic carbocycles. The molecule has 0 amide bonds. The zero-order valence-electron chi connectivity index (χ0n) is 10.7. The first-order chi connectivity index (χ1) is 7.61. The molecule has 16 heavy (non-hydrogen) atoms. The summed E-state index contributed by atoms with van der Waals surface area (Å²) >= 11 is 0. The topological polar surface area (TPSA) is 35.5 Å². The van der Waals surface area contributed by atoms with Crippen LogP contribution < -0.4 is 0 Å². The normalized spacial score (nSPS) is 12.2. The van der Waals surface area contributed by atoms with E-state index in [2.05, 4.69) is 6.92 Å². The molecular formula is C13H22O3. The number of carbonyl (C=O) groups is 1. The fourth-order valence-corrected chi connectivity index (χ4v) is 1.02. The third-order valence-corrected chi connectivity index (χ3v) is 1.76. The van der Waals surface area contributed by atoms with Gasteiger partial charge in [0.25, 0.3) is 0 Å². The van der Waals surface area contributed by atoms with Crippen LogP contribution in [0.25, 0.3) is 0 Å². The van der Waals surface area contributed by atoms with Gasteiger partial charge < -0.3 is 9.47 Å². The highest BCUT2D eigenvalue weighted by molar-refractivity contribution is 5.86. The smallest absolute Gasteiger partial charge is 0.373 e. The second-order valence-corrected chi connectivity index (χ2v) is 3.68. The highest BCUT2D eigenvalue weighted by Gasteiger charge is 2.12. The highest BCUT2D eigenvalue weighted by atomic mass is 16.6. The van der Waals surface area contributed by atoms with Gasteiger partial charge in [0.05, 0.1) is 6.10 Å². The number of hydrogen-bond donors (Lipinski definition) is 0. The van der Waals surface area contributed by atoms with Crippen molar-refractivity contribution in [3.63, 3.8) is 0 Å². The van der Waals surface area contributed by atoms with E-state index in [-0.39, 0.29) is 11.9 Å². The monoisotopic (exact) mass is 226 g/mol. The van der Waals surface area contributed by atoms with Crippen LogP contribution in [0.5, 0.6) is 0 Å². The number of unbranched alkanes of at least 4 members (excludes halogenated alkanes) is 1. The molecule has 0 saturated heterocycles. The molecule has 0 aromatic carbocycles. The van der Waals surface area contributed by atoms with Crippen LogP contribution in [0.15, 0.2) is 24.0 Å². The molecule has 0 radical (unpaired) electrons. The third kappa shape index (κ3) is 7.10. The molecule has 0 rings (SSSR count). The van der Waals surface area contributed by atoms with Crippen LogP contribution in [-0.4, -0.2) is 18.7 Å². The van der Waals surface area contributed by atoms with E-state index in [9.17, 15) is 4.79 Å². The van der Waals surface area contributed by atoms with E-state index < -0.39 is 5.97 Å². The van der Waals surface area contributed by atoms with Gasteiger partial charge in [-0.1, -0.05) is 25.5 Å². The summed E-state index contributed by atoms with van der Waals surface area (Å²) < 4.78 is 10.3. The quantitative estimate of drug-likeness (QED) is 0.289. The Labute approximate surface area is 98.1 Å². The minimum Gasteiger partial charge on any atom is -0.483 e. The number of ether oxygens (including phenoxy) is 2. The number of rotatable bonds is 7. The summed E-state index contributed by atoms with van der Waals surface area (Å²) in [6, 6.07) is 0. The standard InChI is InChI=1S/C13H22O3/c1-5-7-8-9-10-15-12(6-2)13(14)16-11(3)4/h6,8-9,11H,5,7,10H2,1-4H3/b9-8+,12-6+. The van der Waals surface area contributed by atoms with Crippen molar-refractivity contribution in [2.75, 3.05) is 6.61 Å². The Bertz CT molecular complexity index is 252. The zero-order valence-corrected chi connectivity index (χ0v) is 10.7. The second kappa shape index (κ2) is 9.01. The first-order valence-electron chi connectivity index (χ1n) is 5.76. The van der Waals surface area contributed by atoms with Crippen molar-refractivity contribution in [2.24, 2.45) is 0 Å². The second-order valence-electron chi connectivity index (χ2n) is 3.68. The molecule has 3 heteroatoms. The Balaban J connectivity index is 3.98. The van der Waals surface area contributed by atoms with Crippen molar-refractivity contribution >= 4 is 5.97 Å². The van der Waals surface area contributed by atoms with Crippen molar-refractivity contribution < 1.29 is 14.3 Å². The zero-order chi connectivity index (χ0) is 12.4. The van der Waals surface area contributed by atoms with E-state index in [1.54, 1.807) is 13.0 Å². The number of hydrogen-bond acceptors (Lipinski definition) is 3. The fourth-order valence-electron chi connectivity index (χ4n) is 1.02. The number of carbonyl (C=O) groups excluding carboxylic acids is 1. The molecule has 0 aliphatic heterocycles. The summed E-state index contributed by atoms with van der Waals surface area (Å²) in [5.74, 6) is -0.128. The lowest BCUT2D eigenvalue weighted by Gasteiger charge is -2.10. The van der Waals surface area contributed by atoms with Crippen LogP contribution in [0.4, 0.5) is 0 Å². The maximum atomic E-state index is 11.5. The van der Waals surface area contributed by atoms with Crippen molar-refractivity contribution in [1.82, 2.24) is 0 Å². The Morgan fingerprint density at radius 2 is 2.00 bits per heavy atom. The fraction of sp³-hybridized carbons (Fsp3) is 0.615. The van der Waals surface area contributed by atoms with Gasteiger partial charge in [-0.2, -0.15) is 0 Å². The Kier molecular flexibility index (Phi) is 8.31. The summed E-state index contributed by atoms with van der Waals surface area (Å²) in [4.78, 5) is 11.5. The van der Waals surface area contributed by atoms with Gasteiger partial charge in [-0.05, 0) is 33.3 Å². The average molecular weight is 226 g/mol. The lowest BCUT2D eigenvalue weighted by Crippen LogP contribution is -2.15. The maximum Gasteiger partial charge on any atom is 0.373 e. The predicted molar refractivity (Wildman–Crippen MR) is 65.0 cm³/mol. The molecule has 0 fully saturated rings. The summed E-state index contributed by atoms with van der Waals surface area (Å²) in [5.41, 5.74) is 0. The van der Waals surface area contributed by atoms with Gasteiger partial charge in [-0.15, -0.1) is 0 Å². The molecule has 0 heterocycles. The first kappa shape index (κ1) is 14.8. The number of esters is 1. The molecule has 0 aromatic heterocycles. The van der Waals surface area contributed by atoms with Crippen LogP contribution in [-0.2, 0) is 14.3 Å². The van der Waals surface area contributed by atoms with Crippen LogP contribution in [0.1, 0.15) is 40.5 Å². The maximum absolute atomic E-state index is 11.5. The van der Waals surface area contributed by atoms with Crippen molar-refractivity contribution in [2.45, 2.75) is 46.6 Å². The molecule has 0 N–H and O–H groups in total. The van der Waals surface area contributed by atoms with Gasteiger partial charge in [0, 0.05) is 0 Å². The molecule has 0 atom stereocenters. The van der Waals surface area contributed by atoms with E-state index in [1.165, 1.54) is 0 Å². The summed E-state index contributed by atoms with van der Waals surface area (Å²) in [6.45, 7) is 7.90. The van der Waals surface area contributed by atoms with Gasteiger partial charge >= 0.3 is 5.97 Å². The molecule has 92 valence electrons. The van der Waals surface area contributed by atoms with E-state index in [0.29, 0.717) is 6.61 Å². The molecule has 0 aliphatic rings. The van der Waals surface area contributed by atoms with Gasteiger partial charge in [-0.3, -0.25) is 0 Å². The highest BCUT2D eigenvalue weighted by Crippen LogP contribution is 2.03. The van der Waals surface area contributed by atoms with E-state index in [1.807, 2.05) is 26.0 Å². The molecule has 0 spiro atoms. The lowest BCUT2D eigenvalue weighted by molar-refractivity contribution is -0.146. The van der Waals surface area contributed by atoms with Crippen LogP contribution in [0, 0.1) is 0 Å².